The molecular weight excluding hydrogens is 88.1 g/mol. The molecule has 0 bridgehead atoms. The van der Waals surface area contributed by atoms with E-state index in [1.54, 1.807) is 0 Å². The first-order valence-electron chi connectivity index (χ1n) is 2.25. The van der Waals surface area contributed by atoms with Gasteiger partial charge in [0.1, 0.15) is 0 Å². The van der Waals surface area contributed by atoms with Gasteiger partial charge in [-0.15, -0.1) is 0 Å². The predicted molar refractivity (Wildman–Crippen MR) is 33.8 cm³/mol. The summed E-state index contributed by atoms with van der Waals surface area (Å²) in [4.78, 5) is 0. The zero-order valence-corrected chi connectivity index (χ0v) is 5.71. The second kappa shape index (κ2) is 2.99. The average molecular weight is 104 g/mol. The van der Waals surface area contributed by atoms with Crippen LogP contribution in [-0.2, 0) is 0 Å². The maximum Gasteiger partial charge on any atom is 0.00935 e. The SMILES string of the molecule is CNC(C)(C)C.N. The number of hydrogen-bond acceptors (Lipinski definition) is 2. The van der Waals surface area contributed by atoms with Crippen LogP contribution in [0.5, 0.6) is 0 Å². The Hall–Kier alpha value is -0.0800. The van der Waals surface area contributed by atoms with Crippen molar-refractivity contribution in [3.63, 3.8) is 0 Å². The van der Waals surface area contributed by atoms with Crippen molar-refractivity contribution in [2.75, 3.05) is 7.05 Å². The summed E-state index contributed by atoms with van der Waals surface area (Å²) in [5.74, 6) is 0. The van der Waals surface area contributed by atoms with Gasteiger partial charge in [-0.25, -0.2) is 0 Å². The van der Waals surface area contributed by atoms with Gasteiger partial charge in [-0.2, -0.15) is 0 Å². The zero-order valence-electron chi connectivity index (χ0n) is 5.71. The fourth-order valence-electron chi connectivity index (χ4n) is 0. The van der Waals surface area contributed by atoms with Crippen molar-refractivity contribution in [2.24, 2.45) is 0 Å². The standard InChI is InChI=1S/C5H13N.H3N/c1-5(2,3)6-4;/h6H,1-4H3;1H3. The molecule has 0 aromatic heterocycles. The molecule has 0 spiro atoms. The Kier molecular flexibility index (Phi) is 4.28. The highest BCUT2D eigenvalue weighted by Crippen LogP contribution is 1.93. The molecule has 0 aromatic rings. The van der Waals surface area contributed by atoms with E-state index >= 15 is 0 Å². The monoisotopic (exact) mass is 104 g/mol. The predicted octanol–water partition coefficient (Wildman–Crippen LogP) is 1.17. The lowest BCUT2D eigenvalue weighted by atomic mass is 10.1. The summed E-state index contributed by atoms with van der Waals surface area (Å²) in [7, 11) is 1.96. The molecule has 0 atom stereocenters. The first-order chi connectivity index (χ1) is 2.56. The molecular formula is C5H16N2. The lowest BCUT2D eigenvalue weighted by Crippen LogP contribution is -2.31. The van der Waals surface area contributed by atoms with Crippen molar-refractivity contribution in [1.29, 1.82) is 0 Å². The highest BCUT2D eigenvalue weighted by Gasteiger charge is 2.01. The molecule has 0 fully saturated rings. The molecule has 0 rings (SSSR count). The molecule has 0 saturated carbocycles. The Balaban J connectivity index is 0. The van der Waals surface area contributed by atoms with Gasteiger partial charge in [0, 0.05) is 5.54 Å². The third-order valence-corrected chi connectivity index (χ3v) is 0.750. The Morgan fingerprint density at radius 1 is 1.14 bits per heavy atom. The molecule has 0 aromatic carbocycles. The van der Waals surface area contributed by atoms with Crippen LogP contribution in [0.4, 0.5) is 0 Å². The highest BCUT2D eigenvalue weighted by atomic mass is 14.9. The summed E-state index contributed by atoms with van der Waals surface area (Å²) in [5.41, 5.74) is 0.292. The molecule has 0 unspecified atom stereocenters. The first kappa shape index (κ1) is 10.0. The maximum absolute atomic E-state index is 3.10. The summed E-state index contributed by atoms with van der Waals surface area (Å²) in [6.07, 6.45) is 0. The topological polar surface area (TPSA) is 47.0 Å². The third-order valence-electron chi connectivity index (χ3n) is 0.750. The van der Waals surface area contributed by atoms with E-state index in [0.29, 0.717) is 5.54 Å². The minimum Gasteiger partial charge on any atom is -0.344 e. The molecule has 2 nitrogen and oxygen atoms in total. The molecule has 0 aliphatic carbocycles. The molecule has 0 heterocycles. The van der Waals surface area contributed by atoms with Gasteiger partial charge < -0.3 is 11.5 Å². The first-order valence-corrected chi connectivity index (χ1v) is 2.25. The van der Waals surface area contributed by atoms with Crippen LogP contribution >= 0.6 is 0 Å². The molecule has 0 aliphatic rings. The molecule has 46 valence electrons. The second-order valence-corrected chi connectivity index (χ2v) is 2.50. The Labute approximate surface area is 45.9 Å². The van der Waals surface area contributed by atoms with Gasteiger partial charge in [0.25, 0.3) is 0 Å². The third kappa shape index (κ3) is 10.7. The number of nitrogens with one attached hydrogen (secondary N) is 1. The minimum absolute atomic E-state index is 0. The summed E-state index contributed by atoms with van der Waals surface area (Å²) in [6, 6.07) is 0. The van der Waals surface area contributed by atoms with Crippen LogP contribution in [0, 0.1) is 0 Å². The zero-order chi connectivity index (χ0) is 5.21. The second-order valence-electron chi connectivity index (χ2n) is 2.50. The molecule has 4 N–H and O–H groups in total. The van der Waals surface area contributed by atoms with E-state index in [2.05, 4.69) is 26.1 Å². The van der Waals surface area contributed by atoms with Crippen molar-refractivity contribution >= 4 is 0 Å². The minimum atomic E-state index is 0. The summed E-state index contributed by atoms with van der Waals surface area (Å²) < 4.78 is 0. The van der Waals surface area contributed by atoms with Gasteiger partial charge in [0.15, 0.2) is 0 Å². The Morgan fingerprint density at radius 3 is 1.29 bits per heavy atom. The molecule has 0 radical (unpaired) electrons. The lowest BCUT2D eigenvalue weighted by Gasteiger charge is -2.15. The van der Waals surface area contributed by atoms with E-state index in [1.807, 2.05) is 7.05 Å². The van der Waals surface area contributed by atoms with E-state index in [-0.39, 0.29) is 6.15 Å². The molecule has 0 saturated heterocycles. The molecule has 7 heavy (non-hydrogen) atoms. The smallest absolute Gasteiger partial charge is 0.00935 e. The van der Waals surface area contributed by atoms with E-state index in [9.17, 15) is 0 Å². The number of hydrogen-bond donors (Lipinski definition) is 2. The fraction of sp³-hybridized carbons (Fsp3) is 1.00. The fourth-order valence-corrected chi connectivity index (χ4v) is 0. The van der Waals surface area contributed by atoms with Crippen molar-refractivity contribution in [2.45, 2.75) is 26.3 Å². The summed E-state index contributed by atoms with van der Waals surface area (Å²) >= 11 is 0. The molecule has 0 amide bonds. The molecule has 0 aliphatic heterocycles. The average Bonchev–Trinajstić information content (AvgIpc) is 1.35. The van der Waals surface area contributed by atoms with Crippen LogP contribution in [0.2, 0.25) is 0 Å². The van der Waals surface area contributed by atoms with Gasteiger partial charge in [-0.3, -0.25) is 0 Å². The van der Waals surface area contributed by atoms with Gasteiger partial charge >= 0.3 is 0 Å². The van der Waals surface area contributed by atoms with Crippen LogP contribution < -0.4 is 11.5 Å². The van der Waals surface area contributed by atoms with Crippen LogP contribution in [0.15, 0.2) is 0 Å². The van der Waals surface area contributed by atoms with Crippen molar-refractivity contribution in [1.82, 2.24) is 11.5 Å². The van der Waals surface area contributed by atoms with Crippen LogP contribution in [0.25, 0.3) is 0 Å². The highest BCUT2D eigenvalue weighted by molar-refractivity contribution is 4.65. The summed E-state index contributed by atoms with van der Waals surface area (Å²) in [6.45, 7) is 6.40. The van der Waals surface area contributed by atoms with Crippen LogP contribution in [0.1, 0.15) is 20.8 Å². The van der Waals surface area contributed by atoms with Crippen LogP contribution in [0.3, 0.4) is 0 Å². The Bertz CT molecular complexity index is 35.8. The van der Waals surface area contributed by atoms with Crippen LogP contribution in [-0.4, -0.2) is 12.6 Å². The quantitative estimate of drug-likeness (QED) is 0.484. The van der Waals surface area contributed by atoms with Crippen molar-refractivity contribution < 1.29 is 0 Å². The largest absolute Gasteiger partial charge is 0.344 e. The maximum atomic E-state index is 3.10. The van der Waals surface area contributed by atoms with E-state index in [4.69, 9.17) is 0 Å². The van der Waals surface area contributed by atoms with Gasteiger partial charge in [-0.1, -0.05) is 0 Å². The van der Waals surface area contributed by atoms with Gasteiger partial charge in [-0.05, 0) is 27.8 Å². The molecule has 2 heteroatoms. The van der Waals surface area contributed by atoms with E-state index in [1.165, 1.54) is 0 Å². The van der Waals surface area contributed by atoms with E-state index in [0.717, 1.165) is 0 Å². The lowest BCUT2D eigenvalue weighted by molar-refractivity contribution is 0.469. The summed E-state index contributed by atoms with van der Waals surface area (Å²) in [5, 5.41) is 3.10. The van der Waals surface area contributed by atoms with Gasteiger partial charge in [0.2, 0.25) is 0 Å². The Morgan fingerprint density at radius 2 is 1.29 bits per heavy atom. The number of rotatable bonds is 0. The van der Waals surface area contributed by atoms with Gasteiger partial charge in [0.05, 0.1) is 0 Å². The van der Waals surface area contributed by atoms with Crippen molar-refractivity contribution in [3.8, 4) is 0 Å². The van der Waals surface area contributed by atoms with Crippen molar-refractivity contribution in [3.05, 3.63) is 0 Å². The normalized spacial score (nSPS) is 10.3. The van der Waals surface area contributed by atoms with E-state index < -0.39 is 0 Å².